The van der Waals surface area contributed by atoms with Crippen LogP contribution < -0.4 is 10.6 Å². The van der Waals surface area contributed by atoms with E-state index in [2.05, 4.69) is 15.6 Å². The predicted octanol–water partition coefficient (Wildman–Crippen LogP) is 3.04. The lowest BCUT2D eigenvalue weighted by Crippen LogP contribution is -2.29. The fourth-order valence-electron chi connectivity index (χ4n) is 2.01. The lowest BCUT2D eigenvalue weighted by Gasteiger charge is -2.07. The first-order chi connectivity index (χ1) is 11.1. The number of hydrogen-bond acceptors (Lipinski definition) is 6. The Morgan fingerprint density at radius 2 is 2.13 bits per heavy atom. The molecule has 0 saturated heterocycles. The summed E-state index contributed by atoms with van der Waals surface area (Å²) in [5, 5.41) is 26.7. The Kier molecular flexibility index (Phi) is 6.63. The highest BCUT2D eigenvalue weighted by Crippen LogP contribution is 2.28. The number of benzene rings is 1. The van der Waals surface area contributed by atoms with Gasteiger partial charge in [0.2, 0.25) is 0 Å². The van der Waals surface area contributed by atoms with E-state index in [0.717, 1.165) is 36.9 Å². The van der Waals surface area contributed by atoms with Gasteiger partial charge in [-0.25, -0.2) is 4.98 Å². The van der Waals surface area contributed by atoms with E-state index < -0.39 is 4.92 Å². The fourth-order valence-corrected chi connectivity index (χ4v) is 3.18. The van der Waals surface area contributed by atoms with Gasteiger partial charge in [-0.1, -0.05) is 24.2 Å². The van der Waals surface area contributed by atoms with Gasteiger partial charge in [-0.2, -0.15) is 0 Å². The van der Waals surface area contributed by atoms with Crippen LogP contribution in [0.1, 0.15) is 25.7 Å². The number of thiocarbonyl (C=S) groups is 1. The Hall–Kier alpha value is -1.84. The van der Waals surface area contributed by atoms with Crippen molar-refractivity contribution in [3.63, 3.8) is 0 Å². The average molecular weight is 354 g/mol. The van der Waals surface area contributed by atoms with Crippen LogP contribution >= 0.6 is 23.6 Å². The molecule has 124 valence electrons. The largest absolute Gasteiger partial charge is 0.396 e. The first-order valence-corrected chi connectivity index (χ1v) is 8.53. The number of unbranched alkanes of at least 4 members (excludes halogenated alkanes) is 3. The summed E-state index contributed by atoms with van der Waals surface area (Å²) in [5.74, 6) is 0. The van der Waals surface area contributed by atoms with Crippen molar-refractivity contribution in [1.82, 2.24) is 10.3 Å². The summed E-state index contributed by atoms with van der Waals surface area (Å²) in [6.45, 7) is 0.997. The second-order valence-electron chi connectivity index (χ2n) is 4.95. The molecular weight excluding hydrogens is 336 g/mol. The lowest BCUT2D eigenvalue weighted by molar-refractivity contribution is -0.384. The van der Waals surface area contributed by atoms with Crippen LogP contribution in [0.2, 0.25) is 0 Å². The summed E-state index contributed by atoms with van der Waals surface area (Å²) in [6.07, 6.45) is 3.87. The molecule has 0 bridgehead atoms. The van der Waals surface area contributed by atoms with E-state index in [0.29, 0.717) is 15.8 Å². The number of rotatable bonds is 8. The van der Waals surface area contributed by atoms with Crippen molar-refractivity contribution in [2.45, 2.75) is 25.7 Å². The molecule has 2 aromatic rings. The summed E-state index contributed by atoms with van der Waals surface area (Å²) < 4.78 is 0.744. The molecular formula is C14H18N4O3S2. The Balaban J connectivity index is 1.84. The minimum Gasteiger partial charge on any atom is -0.396 e. The van der Waals surface area contributed by atoms with Crippen LogP contribution in [0.4, 0.5) is 10.8 Å². The van der Waals surface area contributed by atoms with Crippen LogP contribution in [0.5, 0.6) is 0 Å². The van der Waals surface area contributed by atoms with E-state index in [1.165, 1.54) is 23.5 Å². The number of aliphatic hydroxyl groups is 1. The first-order valence-electron chi connectivity index (χ1n) is 7.31. The monoisotopic (exact) mass is 354 g/mol. The molecule has 0 aliphatic carbocycles. The van der Waals surface area contributed by atoms with Crippen LogP contribution in [0.25, 0.3) is 10.2 Å². The SMILES string of the molecule is O=[N+]([O-])c1ccc2nc(NC(=S)NCCCCCCO)sc2c1. The third-order valence-corrected chi connectivity index (χ3v) is 4.35. The maximum absolute atomic E-state index is 10.8. The second kappa shape index (κ2) is 8.70. The number of aromatic nitrogens is 1. The maximum Gasteiger partial charge on any atom is 0.270 e. The molecule has 23 heavy (non-hydrogen) atoms. The number of hydrogen-bond donors (Lipinski definition) is 3. The first kappa shape index (κ1) is 17.5. The second-order valence-corrected chi connectivity index (χ2v) is 6.39. The van der Waals surface area contributed by atoms with E-state index >= 15 is 0 Å². The van der Waals surface area contributed by atoms with Gasteiger partial charge in [0, 0.05) is 25.3 Å². The maximum atomic E-state index is 10.8. The van der Waals surface area contributed by atoms with Crippen LogP contribution in [0.3, 0.4) is 0 Å². The number of anilines is 1. The molecule has 3 N–H and O–H groups in total. The molecule has 0 radical (unpaired) electrons. The highest BCUT2D eigenvalue weighted by Gasteiger charge is 2.10. The van der Waals surface area contributed by atoms with Crippen molar-refractivity contribution in [2.75, 3.05) is 18.5 Å². The molecule has 7 nitrogen and oxygen atoms in total. The molecule has 0 fully saturated rings. The van der Waals surface area contributed by atoms with E-state index in [9.17, 15) is 10.1 Å². The minimum atomic E-state index is -0.421. The third-order valence-electron chi connectivity index (χ3n) is 3.17. The van der Waals surface area contributed by atoms with E-state index in [-0.39, 0.29) is 12.3 Å². The summed E-state index contributed by atoms with van der Waals surface area (Å²) in [7, 11) is 0. The zero-order valence-electron chi connectivity index (χ0n) is 12.4. The van der Waals surface area contributed by atoms with Gasteiger partial charge in [0.05, 0.1) is 15.1 Å². The molecule has 0 unspecified atom stereocenters. The number of fused-ring (bicyclic) bond motifs is 1. The summed E-state index contributed by atoms with van der Waals surface area (Å²) >= 11 is 6.53. The molecule has 0 atom stereocenters. The summed E-state index contributed by atoms with van der Waals surface area (Å²) in [4.78, 5) is 14.7. The van der Waals surface area contributed by atoms with Gasteiger partial charge in [0.15, 0.2) is 10.2 Å². The quantitative estimate of drug-likeness (QED) is 0.290. The minimum absolute atomic E-state index is 0.0521. The van der Waals surface area contributed by atoms with Crippen molar-refractivity contribution in [3.8, 4) is 0 Å². The highest BCUT2D eigenvalue weighted by molar-refractivity contribution is 7.80. The van der Waals surface area contributed by atoms with E-state index in [4.69, 9.17) is 17.3 Å². The standard InChI is InChI=1S/C14H18N4O3S2/c19-8-4-2-1-3-7-15-13(22)17-14-16-11-6-5-10(18(20)21)9-12(11)23-14/h5-6,9,19H,1-4,7-8H2,(H2,15,16,17,22). The zero-order valence-corrected chi connectivity index (χ0v) is 14.1. The topological polar surface area (TPSA) is 100 Å². The molecule has 0 aliphatic heterocycles. The zero-order chi connectivity index (χ0) is 16.7. The highest BCUT2D eigenvalue weighted by atomic mass is 32.1. The Bertz CT molecular complexity index is 690. The van der Waals surface area contributed by atoms with Crippen molar-refractivity contribution in [3.05, 3.63) is 28.3 Å². The number of thiazole rings is 1. The van der Waals surface area contributed by atoms with Gasteiger partial charge in [-0.15, -0.1) is 0 Å². The number of non-ortho nitro benzene ring substituents is 1. The normalized spacial score (nSPS) is 10.7. The third kappa shape index (κ3) is 5.38. The van der Waals surface area contributed by atoms with Gasteiger partial charge in [-0.3, -0.25) is 10.1 Å². The van der Waals surface area contributed by atoms with Gasteiger partial charge >= 0.3 is 0 Å². The van der Waals surface area contributed by atoms with E-state index in [1.54, 1.807) is 6.07 Å². The number of nitrogens with one attached hydrogen (secondary N) is 2. The molecule has 1 aromatic carbocycles. The van der Waals surface area contributed by atoms with Crippen molar-refractivity contribution >= 4 is 49.7 Å². The van der Waals surface area contributed by atoms with Crippen LogP contribution in [-0.2, 0) is 0 Å². The molecule has 0 saturated carbocycles. The van der Waals surface area contributed by atoms with Crippen LogP contribution in [-0.4, -0.2) is 33.3 Å². The van der Waals surface area contributed by atoms with Crippen molar-refractivity contribution in [1.29, 1.82) is 0 Å². The average Bonchev–Trinajstić information content (AvgIpc) is 2.91. The number of aliphatic hydroxyl groups excluding tert-OH is 1. The van der Waals surface area contributed by atoms with Gasteiger partial charge < -0.3 is 15.7 Å². The smallest absolute Gasteiger partial charge is 0.270 e. The molecule has 0 aliphatic rings. The molecule has 0 spiro atoms. The van der Waals surface area contributed by atoms with Gasteiger partial charge in [0.1, 0.15) is 0 Å². The molecule has 2 rings (SSSR count). The Morgan fingerprint density at radius 1 is 1.35 bits per heavy atom. The van der Waals surface area contributed by atoms with Crippen molar-refractivity contribution in [2.24, 2.45) is 0 Å². The number of nitro groups is 1. The Labute approximate surface area is 142 Å². The molecule has 1 heterocycles. The Morgan fingerprint density at radius 3 is 2.87 bits per heavy atom. The fraction of sp³-hybridized carbons (Fsp3) is 0.429. The summed E-state index contributed by atoms with van der Waals surface area (Å²) in [5.41, 5.74) is 0.756. The molecule has 0 amide bonds. The van der Waals surface area contributed by atoms with Gasteiger partial charge in [0.25, 0.3) is 5.69 Å². The lowest BCUT2D eigenvalue weighted by atomic mass is 10.2. The molecule has 1 aromatic heterocycles. The van der Waals surface area contributed by atoms with Crippen LogP contribution in [0, 0.1) is 10.1 Å². The van der Waals surface area contributed by atoms with E-state index in [1.807, 2.05) is 0 Å². The van der Waals surface area contributed by atoms with Gasteiger partial charge in [-0.05, 0) is 31.1 Å². The summed E-state index contributed by atoms with van der Waals surface area (Å²) in [6, 6.07) is 4.58. The number of nitrogens with zero attached hydrogens (tertiary/aromatic N) is 2. The van der Waals surface area contributed by atoms with Crippen LogP contribution in [0.15, 0.2) is 18.2 Å². The van der Waals surface area contributed by atoms with Crippen molar-refractivity contribution < 1.29 is 10.0 Å². The number of nitro benzene ring substituents is 1. The molecule has 9 heteroatoms. The predicted molar refractivity (Wildman–Crippen MR) is 96.1 cm³/mol.